The first-order chi connectivity index (χ1) is 14.2. The maximum atomic E-state index is 11.9. The molecule has 2 heterocycles. The van der Waals surface area contributed by atoms with Crippen molar-refractivity contribution in [2.24, 2.45) is 0 Å². The Morgan fingerprint density at radius 2 is 1.76 bits per heavy atom. The molecule has 6 heteroatoms. The predicted molar refractivity (Wildman–Crippen MR) is 110 cm³/mol. The number of carboxylic acids is 1. The number of rotatable bonds is 5. The Morgan fingerprint density at radius 1 is 0.966 bits per heavy atom. The molecule has 1 atom stereocenters. The number of fused-ring (bicyclic) bond motifs is 2. The van der Waals surface area contributed by atoms with Gasteiger partial charge in [-0.2, -0.15) is 0 Å². The number of aromatic carboxylic acids is 1. The molecule has 0 amide bonds. The number of hydrogen-bond donors (Lipinski definition) is 3. The predicted octanol–water partition coefficient (Wildman–Crippen LogP) is 4.80. The van der Waals surface area contributed by atoms with Gasteiger partial charge in [0.2, 0.25) is 6.79 Å². The highest BCUT2D eigenvalue weighted by molar-refractivity contribution is 5.91. The normalized spacial score (nSPS) is 13.4. The highest BCUT2D eigenvalue weighted by atomic mass is 16.7. The van der Waals surface area contributed by atoms with Crippen molar-refractivity contribution in [3.8, 4) is 11.5 Å². The largest absolute Gasteiger partial charge is 0.478 e. The summed E-state index contributed by atoms with van der Waals surface area (Å²) in [4.78, 5) is 15.2. The van der Waals surface area contributed by atoms with Crippen LogP contribution in [-0.4, -0.2) is 22.9 Å². The first kappa shape index (κ1) is 17.2. The van der Waals surface area contributed by atoms with Gasteiger partial charge < -0.3 is 24.9 Å². The Balaban J connectivity index is 1.65. The number of carbonyl (C=O) groups is 1. The average Bonchev–Trinajstić information content (AvgIpc) is 3.38. The molecular weight excluding hydrogens is 368 g/mol. The molecule has 4 aromatic rings. The lowest BCUT2D eigenvalue weighted by molar-refractivity contribution is 0.0695. The van der Waals surface area contributed by atoms with Crippen molar-refractivity contribution in [1.82, 2.24) is 4.98 Å². The van der Waals surface area contributed by atoms with Gasteiger partial charge in [0.05, 0.1) is 11.6 Å². The van der Waals surface area contributed by atoms with Gasteiger partial charge in [-0.1, -0.05) is 36.4 Å². The molecule has 0 bridgehead atoms. The van der Waals surface area contributed by atoms with Crippen LogP contribution in [0.3, 0.4) is 0 Å². The minimum Gasteiger partial charge on any atom is -0.478 e. The van der Waals surface area contributed by atoms with Crippen molar-refractivity contribution in [3.63, 3.8) is 0 Å². The second-order valence-corrected chi connectivity index (χ2v) is 6.83. The summed E-state index contributed by atoms with van der Waals surface area (Å²) in [5, 5.41) is 14.3. The topological polar surface area (TPSA) is 83.6 Å². The molecule has 3 N–H and O–H groups in total. The number of para-hydroxylation sites is 1. The zero-order chi connectivity index (χ0) is 19.8. The van der Waals surface area contributed by atoms with Crippen LogP contribution in [0.15, 0.2) is 72.9 Å². The molecule has 1 unspecified atom stereocenters. The Kier molecular flexibility index (Phi) is 4.09. The van der Waals surface area contributed by atoms with Gasteiger partial charge in [0.1, 0.15) is 0 Å². The molecule has 1 aromatic heterocycles. The molecule has 1 aliphatic heterocycles. The first-order valence-corrected chi connectivity index (χ1v) is 9.25. The van der Waals surface area contributed by atoms with E-state index in [0.717, 1.165) is 22.2 Å². The smallest absolute Gasteiger partial charge is 0.336 e. The summed E-state index contributed by atoms with van der Waals surface area (Å²) < 4.78 is 10.9. The van der Waals surface area contributed by atoms with Crippen LogP contribution in [0.2, 0.25) is 0 Å². The van der Waals surface area contributed by atoms with E-state index in [9.17, 15) is 9.90 Å². The summed E-state index contributed by atoms with van der Waals surface area (Å²) in [6.07, 6.45) is 1.92. The molecule has 3 aromatic carbocycles. The molecule has 0 saturated heterocycles. The second kappa shape index (κ2) is 6.91. The zero-order valence-corrected chi connectivity index (χ0v) is 15.4. The van der Waals surface area contributed by atoms with Crippen molar-refractivity contribution >= 4 is 22.6 Å². The van der Waals surface area contributed by atoms with E-state index in [-0.39, 0.29) is 18.4 Å². The number of H-pyrrole nitrogens is 1. The standard InChI is InChI=1S/C23H18N2O4/c26-23(27)17-7-2-1-6-16(17)22(18-12-24-19-8-4-3-5-15(18)19)25-14-9-10-20-21(11-14)29-13-28-20/h1-12,22,24-25H,13H2,(H,26,27). The van der Waals surface area contributed by atoms with E-state index in [0.29, 0.717) is 17.1 Å². The summed E-state index contributed by atoms with van der Waals surface area (Å²) in [6, 6.07) is 20.3. The lowest BCUT2D eigenvalue weighted by Gasteiger charge is -2.22. The third-order valence-electron chi connectivity index (χ3n) is 5.12. The van der Waals surface area contributed by atoms with Crippen molar-refractivity contribution < 1.29 is 19.4 Å². The quantitative estimate of drug-likeness (QED) is 0.459. The number of benzene rings is 3. The van der Waals surface area contributed by atoms with E-state index in [1.807, 2.05) is 60.8 Å². The average molecular weight is 386 g/mol. The van der Waals surface area contributed by atoms with Gasteiger partial charge in [0, 0.05) is 34.4 Å². The first-order valence-electron chi connectivity index (χ1n) is 9.25. The number of nitrogens with one attached hydrogen (secondary N) is 2. The molecule has 5 rings (SSSR count). The van der Waals surface area contributed by atoms with Crippen LogP contribution in [0.1, 0.15) is 27.5 Å². The van der Waals surface area contributed by atoms with Crippen molar-refractivity contribution in [1.29, 1.82) is 0 Å². The van der Waals surface area contributed by atoms with E-state index in [4.69, 9.17) is 9.47 Å². The van der Waals surface area contributed by atoms with Gasteiger partial charge in [-0.3, -0.25) is 0 Å². The van der Waals surface area contributed by atoms with E-state index >= 15 is 0 Å². The number of aromatic nitrogens is 1. The molecule has 0 spiro atoms. The van der Waals surface area contributed by atoms with Crippen LogP contribution in [0.4, 0.5) is 5.69 Å². The van der Waals surface area contributed by atoms with E-state index in [1.165, 1.54) is 0 Å². The maximum absolute atomic E-state index is 11.9. The molecule has 0 fully saturated rings. The van der Waals surface area contributed by atoms with Gasteiger partial charge in [-0.25, -0.2) is 4.79 Å². The lowest BCUT2D eigenvalue weighted by atomic mass is 9.93. The fourth-order valence-corrected chi connectivity index (χ4v) is 3.75. The maximum Gasteiger partial charge on any atom is 0.336 e. The summed E-state index contributed by atoms with van der Waals surface area (Å²) in [7, 11) is 0. The second-order valence-electron chi connectivity index (χ2n) is 6.83. The summed E-state index contributed by atoms with van der Waals surface area (Å²) in [5.41, 5.74) is 3.71. The number of hydrogen-bond acceptors (Lipinski definition) is 4. The van der Waals surface area contributed by atoms with Crippen LogP contribution in [0, 0.1) is 0 Å². The van der Waals surface area contributed by atoms with Crippen molar-refractivity contribution in [2.75, 3.05) is 12.1 Å². The van der Waals surface area contributed by atoms with E-state index < -0.39 is 5.97 Å². The molecule has 1 aliphatic rings. The van der Waals surface area contributed by atoms with Crippen molar-refractivity contribution in [3.05, 3.63) is 89.6 Å². The molecule has 0 radical (unpaired) electrons. The fraction of sp³-hybridized carbons (Fsp3) is 0.0870. The highest BCUT2D eigenvalue weighted by Gasteiger charge is 2.24. The number of ether oxygens (including phenoxy) is 2. The van der Waals surface area contributed by atoms with Gasteiger partial charge >= 0.3 is 5.97 Å². The molecular formula is C23H18N2O4. The van der Waals surface area contributed by atoms with Crippen LogP contribution in [0.5, 0.6) is 11.5 Å². The monoisotopic (exact) mass is 386 g/mol. The Bertz CT molecular complexity index is 1210. The van der Waals surface area contributed by atoms with Crippen LogP contribution < -0.4 is 14.8 Å². The fourth-order valence-electron chi connectivity index (χ4n) is 3.75. The molecule has 6 nitrogen and oxygen atoms in total. The molecule has 0 saturated carbocycles. The zero-order valence-electron chi connectivity index (χ0n) is 15.4. The number of carboxylic acid groups (broad SMARTS) is 1. The highest BCUT2D eigenvalue weighted by Crippen LogP contribution is 2.38. The van der Waals surface area contributed by atoms with E-state index in [2.05, 4.69) is 10.3 Å². The SMILES string of the molecule is O=C(O)c1ccccc1C(Nc1ccc2c(c1)OCO2)c1c[nH]c2ccccc12. The summed E-state index contributed by atoms with van der Waals surface area (Å²) >= 11 is 0. The molecule has 0 aliphatic carbocycles. The van der Waals surface area contributed by atoms with Gasteiger partial charge in [-0.05, 0) is 29.8 Å². The third-order valence-corrected chi connectivity index (χ3v) is 5.12. The summed E-state index contributed by atoms with van der Waals surface area (Å²) in [6.45, 7) is 0.201. The molecule has 144 valence electrons. The number of aromatic amines is 1. The van der Waals surface area contributed by atoms with Gasteiger partial charge in [0.15, 0.2) is 11.5 Å². The number of anilines is 1. The Hall–Kier alpha value is -3.93. The summed E-state index contributed by atoms with van der Waals surface area (Å²) in [5.74, 6) is 0.405. The van der Waals surface area contributed by atoms with Crippen LogP contribution >= 0.6 is 0 Å². The van der Waals surface area contributed by atoms with Crippen LogP contribution in [-0.2, 0) is 0 Å². The Morgan fingerprint density at radius 3 is 2.66 bits per heavy atom. The minimum atomic E-state index is -0.960. The lowest BCUT2D eigenvalue weighted by Crippen LogP contribution is -2.16. The minimum absolute atomic E-state index is 0.201. The van der Waals surface area contributed by atoms with Gasteiger partial charge in [-0.15, -0.1) is 0 Å². The third kappa shape index (κ3) is 3.04. The molecule has 29 heavy (non-hydrogen) atoms. The Labute approximate surface area is 166 Å². The van der Waals surface area contributed by atoms with E-state index in [1.54, 1.807) is 12.1 Å². The van der Waals surface area contributed by atoms with Crippen molar-refractivity contribution in [2.45, 2.75) is 6.04 Å². The van der Waals surface area contributed by atoms with Gasteiger partial charge in [0.25, 0.3) is 0 Å². The van der Waals surface area contributed by atoms with Crippen LogP contribution in [0.25, 0.3) is 10.9 Å².